The third-order valence-corrected chi connectivity index (χ3v) is 3.19. The molecule has 1 fully saturated rings. The standard InChI is InChI=1S/C11H19NO3/c1-7(2)15-11(13)10-5-4-9(6-12-14)8(10)3/h7-10H,4-6H2,1-3H3. The van der Waals surface area contributed by atoms with Gasteiger partial charge in [0.2, 0.25) is 0 Å². The summed E-state index contributed by atoms with van der Waals surface area (Å²) in [5, 5.41) is 2.92. The van der Waals surface area contributed by atoms with E-state index in [1.54, 1.807) is 0 Å². The first-order valence-electron chi connectivity index (χ1n) is 5.55. The maximum Gasteiger partial charge on any atom is 0.309 e. The van der Waals surface area contributed by atoms with Gasteiger partial charge in [-0.15, -0.1) is 0 Å². The normalized spacial score (nSPS) is 30.5. The Morgan fingerprint density at radius 1 is 1.47 bits per heavy atom. The van der Waals surface area contributed by atoms with E-state index in [1.165, 1.54) is 0 Å². The van der Waals surface area contributed by atoms with Crippen LogP contribution in [0.4, 0.5) is 0 Å². The molecule has 0 saturated heterocycles. The summed E-state index contributed by atoms with van der Waals surface area (Å²) in [4.78, 5) is 21.9. The molecule has 1 aliphatic rings. The Labute approximate surface area is 90.4 Å². The lowest BCUT2D eigenvalue weighted by molar-refractivity contribution is -0.153. The van der Waals surface area contributed by atoms with Crippen molar-refractivity contribution in [3.8, 4) is 0 Å². The van der Waals surface area contributed by atoms with E-state index in [1.807, 2.05) is 20.8 Å². The van der Waals surface area contributed by atoms with E-state index in [0.29, 0.717) is 6.54 Å². The van der Waals surface area contributed by atoms with Crippen LogP contribution in [-0.4, -0.2) is 18.6 Å². The van der Waals surface area contributed by atoms with Crippen molar-refractivity contribution < 1.29 is 9.53 Å². The van der Waals surface area contributed by atoms with Gasteiger partial charge in [-0.25, -0.2) is 0 Å². The first-order chi connectivity index (χ1) is 7.06. The molecule has 0 N–H and O–H groups in total. The van der Waals surface area contributed by atoms with Gasteiger partial charge in [-0.05, 0) is 38.5 Å². The number of hydrogen-bond donors (Lipinski definition) is 0. The molecule has 1 aliphatic carbocycles. The van der Waals surface area contributed by atoms with E-state index in [9.17, 15) is 9.70 Å². The second-order valence-electron chi connectivity index (χ2n) is 4.60. The van der Waals surface area contributed by atoms with Gasteiger partial charge in [-0.3, -0.25) is 4.79 Å². The molecule has 15 heavy (non-hydrogen) atoms. The molecule has 0 radical (unpaired) electrons. The number of ether oxygens (including phenoxy) is 1. The van der Waals surface area contributed by atoms with Crippen LogP contribution >= 0.6 is 0 Å². The molecule has 3 unspecified atom stereocenters. The van der Waals surface area contributed by atoms with Crippen molar-refractivity contribution in [3.63, 3.8) is 0 Å². The molecule has 86 valence electrons. The Morgan fingerprint density at radius 2 is 2.13 bits per heavy atom. The van der Waals surface area contributed by atoms with Crippen LogP contribution in [0.5, 0.6) is 0 Å². The number of nitroso groups, excluding NO2 is 1. The van der Waals surface area contributed by atoms with E-state index >= 15 is 0 Å². The van der Waals surface area contributed by atoms with Crippen LogP contribution in [0.25, 0.3) is 0 Å². The summed E-state index contributed by atoms with van der Waals surface area (Å²) in [5.74, 6) is 0.311. The monoisotopic (exact) mass is 213 g/mol. The second-order valence-corrected chi connectivity index (χ2v) is 4.60. The van der Waals surface area contributed by atoms with Crippen LogP contribution in [0, 0.1) is 22.7 Å². The molecule has 1 saturated carbocycles. The zero-order chi connectivity index (χ0) is 11.4. The lowest BCUT2D eigenvalue weighted by atomic mass is 9.91. The molecule has 4 nitrogen and oxygen atoms in total. The Balaban J connectivity index is 2.51. The summed E-state index contributed by atoms with van der Waals surface area (Å²) in [6.07, 6.45) is 1.67. The number of hydrogen-bond acceptors (Lipinski definition) is 4. The minimum absolute atomic E-state index is 0.0425. The van der Waals surface area contributed by atoms with Gasteiger partial charge >= 0.3 is 5.97 Å². The topological polar surface area (TPSA) is 55.7 Å². The molecule has 0 aliphatic heterocycles. The van der Waals surface area contributed by atoms with E-state index < -0.39 is 0 Å². The van der Waals surface area contributed by atoms with Gasteiger partial charge in [0.05, 0.1) is 18.6 Å². The summed E-state index contributed by atoms with van der Waals surface area (Å²) in [6, 6.07) is 0. The number of carbonyl (C=O) groups excluding carboxylic acids is 1. The first kappa shape index (κ1) is 12.1. The summed E-state index contributed by atoms with van der Waals surface area (Å²) in [7, 11) is 0. The third kappa shape index (κ3) is 3.01. The maximum atomic E-state index is 11.7. The van der Waals surface area contributed by atoms with Crippen LogP contribution in [0.2, 0.25) is 0 Å². The highest BCUT2D eigenvalue weighted by Crippen LogP contribution is 2.37. The molecule has 3 atom stereocenters. The van der Waals surface area contributed by atoms with Crippen LogP contribution < -0.4 is 0 Å². The van der Waals surface area contributed by atoms with Gasteiger partial charge in [0.25, 0.3) is 0 Å². The van der Waals surface area contributed by atoms with Crippen molar-refractivity contribution in [2.24, 2.45) is 22.9 Å². The molecular weight excluding hydrogens is 194 g/mol. The zero-order valence-corrected chi connectivity index (χ0v) is 9.60. The predicted octanol–water partition coefficient (Wildman–Crippen LogP) is 2.37. The lowest BCUT2D eigenvalue weighted by Gasteiger charge is -2.19. The van der Waals surface area contributed by atoms with Gasteiger partial charge < -0.3 is 4.74 Å². The van der Waals surface area contributed by atoms with E-state index in [2.05, 4.69) is 5.18 Å². The smallest absolute Gasteiger partial charge is 0.309 e. The fourth-order valence-electron chi connectivity index (χ4n) is 2.25. The Bertz CT molecular complexity index is 240. The number of nitrogens with zero attached hydrogens (tertiary/aromatic N) is 1. The largest absolute Gasteiger partial charge is 0.463 e. The van der Waals surface area contributed by atoms with Crippen LogP contribution in [0.1, 0.15) is 33.6 Å². The molecule has 4 heteroatoms. The molecule has 0 spiro atoms. The van der Waals surface area contributed by atoms with Gasteiger partial charge in [0.15, 0.2) is 0 Å². The van der Waals surface area contributed by atoms with Crippen LogP contribution in [0.15, 0.2) is 5.18 Å². The number of rotatable bonds is 4. The summed E-state index contributed by atoms with van der Waals surface area (Å²) in [6.45, 7) is 6.03. The molecule has 0 heterocycles. The Hall–Kier alpha value is -0.930. The number of carbonyl (C=O) groups is 1. The fourth-order valence-corrected chi connectivity index (χ4v) is 2.25. The maximum absolute atomic E-state index is 11.7. The van der Waals surface area contributed by atoms with Crippen molar-refractivity contribution in [2.45, 2.75) is 39.7 Å². The van der Waals surface area contributed by atoms with Gasteiger partial charge in [-0.2, -0.15) is 4.91 Å². The van der Waals surface area contributed by atoms with E-state index in [-0.39, 0.29) is 29.8 Å². The molecule has 0 aromatic heterocycles. The summed E-state index contributed by atoms with van der Waals surface area (Å²) < 4.78 is 5.18. The first-order valence-corrected chi connectivity index (χ1v) is 5.55. The van der Waals surface area contributed by atoms with Gasteiger partial charge in [-0.1, -0.05) is 12.1 Å². The highest BCUT2D eigenvalue weighted by atomic mass is 16.5. The minimum Gasteiger partial charge on any atom is -0.463 e. The van der Waals surface area contributed by atoms with Crippen LogP contribution in [-0.2, 0) is 9.53 Å². The van der Waals surface area contributed by atoms with Crippen molar-refractivity contribution >= 4 is 5.97 Å². The zero-order valence-electron chi connectivity index (χ0n) is 9.60. The minimum atomic E-state index is -0.120. The quantitative estimate of drug-likeness (QED) is 0.532. The van der Waals surface area contributed by atoms with Crippen LogP contribution in [0.3, 0.4) is 0 Å². The fraction of sp³-hybridized carbons (Fsp3) is 0.909. The van der Waals surface area contributed by atoms with Gasteiger partial charge in [0, 0.05) is 0 Å². The van der Waals surface area contributed by atoms with Gasteiger partial charge in [0.1, 0.15) is 0 Å². The average molecular weight is 213 g/mol. The molecule has 0 bridgehead atoms. The SMILES string of the molecule is CC(C)OC(=O)C1CCC(CN=O)C1C. The van der Waals surface area contributed by atoms with Crippen molar-refractivity contribution in [1.82, 2.24) is 0 Å². The molecule has 0 aromatic carbocycles. The summed E-state index contributed by atoms with van der Waals surface area (Å²) >= 11 is 0. The second kappa shape index (κ2) is 5.24. The highest BCUT2D eigenvalue weighted by molar-refractivity contribution is 5.73. The summed E-state index contributed by atoms with van der Waals surface area (Å²) in [5.41, 5.74) is 0. The van der Waals surface area contributed by atoms with E-state index in [0.717, 1.165) is 12.8 Å². The van der Waals surface area contributed by atoms with Crippen molar-refractivity contribution in [1.29, 1.82) is 0 Å². The van der Waals surface area contributed by atoms with E-state index in [4.69, 9.17) is 4.74 Å². The molecule has 0 aromatic rings. The molecule has 1 rings (SSSR count). The average Bonchev–Trinajstić information content (AvgIpc) is 2.48. The Morgan fingerprint density at radius 3 is 2.67 bits per heavy atom. The number of esters is 1. The third-order valence-electron chi connectivity index (χ3n) is 3.19. The van der Waals surface area contributed by atoms with Crippen molar-refractivity contribution in [2.75, 3.05) is 6.54 Å². The molecular formula is C11H19NO3. The lowest BCUT2D eigenvalue weighted by Crippen LogP contribution is -2.25. The van der Waals surface area contributed by atoms with Crippen molar-refractivity contribution in [3.05, 3.63) is 4.91 Å². The predicted molar refractivity (Wildman–Crippen MR) is 57.3 cm³/mol. The Kier molecular flexibility index (Phi) is 4.24. The highest BCUT2D eigenvalue weighted by Gasteiger charge is 2.38. The molecule has 0 amide bonds.